The molecule has 0 unspecified atom stereocenters. The van der Waals surface area contributed by atoms with Gasteiger partial charge in [0.1, 0.15) is 11.0 Å². The highest BCUT2D eigenvalue weighted by Crippen LogP contribution is 2.38. The monoisotopic (exact) mass is 552 g/mol. The number of nitrogens with one attached hydrogen (secondary N) is 3. The van der Waals surface area contributed by atoms with Gasteiger partial charge >= 0.3 is 0 Å². The van der Waals surface area contributed by atoms with E-state index in [1.807, 2.05) is 60.7 Å². The minimum Gasteiger partial charge on any atom is -0.454 e. The summed E-state index contributed by atoms with van der Waals surface area (Å²) in [5.74, 6) is 1.73. The standard InChI is InChI=1S/C31H20N8O3/c40-31(17-4-2-1-3-5-17)34-20-12-19(14-32-15-20)22-7-8-23-27(35-22)28(39-38-23)30-36-26-21(10-11-33-29(26)37-30)18-6-9-24-25(13-18)42-16-41-24/h1-15H,16H2,(H,34,40)(H,38,39)(H,33,36,37). The van der Waals surface area contributed by atoms with Gasteiger partial charge in [-0.3, -0.25) is 14.9 Å². The summed E-state index contributed by atoms with van der Waals surface area (Å²) in [5, 5.41) is 10.5. The van der Waals surface area contributed by atoms with Gasteiger partial charge in [-0.15, -0.1) is 0 Å². The highest BCUT2D eigenvalue weighted by molar-refractivity contribution is 6.04. The van der Waals surface area contributed by atoms with Crippen LogP contribution in [0.5, 0.6) is 11.5 Å². The number of fused-ring (bicyclic) bond motifs is 3. The maximum atomic E-state index is 12.6. The van der Waals surface area contributed by atoms with Gasteiger partial charge in [0, 0.05) is 29.1 Å². The average molecular weight is 553 g/mol. The third-order valence-corrected chi connectivity index (χ3v) is 7.03. The van der Waals surface area contributed by atoms with Crippen LogP contribution in [0.2, 0.25) is 0 Å². The van der Waals surface area contributed by atoms with E-state index in [0.717, 1.165) is 28.0 Å². The van der Waals surface area contributed by atoms with Gasteiger partial charge in [0.25, 0.3) is 5.91 Å². The predicted octanol–water partition coefficient (Wildman–Crippen LogP) is 5.61. The molecule has 11 heteroatoms. The van der Waals surface area contributed by atoms with E-state index in [9.17, 15) is 4.79 Å². The topological polar surface area (TPSA) is 144 Å². The molecule has 0 atom stereocenters. The van der Waals surface area contributed by atoms with E-state index in [1.165, 1.54) is 0 Å². The fourth-order valence-electron chi connectivity index (χ4n) is 4.99. The van der Waals surface area contributed by atoms with Crippen molar-refractivity contribution in [1.29, 1.82) is 0 Å². The first-order valence-corrected chi connectivity index (χ1v) is 13.1. The summed E-state index contributed by atoms with van der Waals surface area (Å²) in [7, 11) is 0. The Morgan fingerprint density at radius 3 is 2.69 bits per heavy atom. The molecule has 0 radical (unpaired) electrons. The lowest BCUT2D eigenvalue weighted by Gasteiger charge is -2.07. The number of aromatic amines is 2. The summed E-state index contributed by atoms with van der Waals surface area (Å²) in [6.07, 6.45) is 5.04. The van der Waals surface area contributed by atoms with Crippen molar-refractivity contribution < 1.29 is 14.3 Å². The summed E-state index contributed by atoms with van der Waals surface area (Å²) in [4.78, 5) is 34.5. The Morgan fingerprint density at radius 2 is 1.76 bits per heavy atom. The predicted molar refractivity (Wildman–Crippen MR) is 156 cm³/mol. The lowest BCUT2D eigenvalue weighted by molar-refractivity contribution is 0.102. The number of carbonyl (C=O) groups is 1. The first-order chi connectivity index (χ1) is 20.7. The number of ether oxygens (including phenoxy) is 2. The molecule has 1 amide bonds. The number of benzene rings is 2. The van der Waals surface area contributed by atoms with E-state index in [-0.39, 0.29) is 12.7 Å². The number of nitrogens with zero attached hydrogens (tertiary/aromatic N) is 5. The van der Waals surface area contributed by atoms with Crippen molar-refractivity contribution in [1.82, 2.24) is 35.1 Å². The number of carbonyl (C=O) groups excluding carboxylic acids is 1. The zero-order chi connectivity index (χ0) is 28.0. The largest absolute Gasteiger partial charge is 0.454 e. The molecule has 11 nitrogen and oxygen atoms in total. The fourth-order valence-corrected chi connectivity index (χ4v) is 4.99. The molecule has 7 aromatic rings. The number of anilines is 1. The molecular formula is C31H20N8O3. The minimum atomic E-state index is -0.214. The number of pyridine rings is 3. The van der Waals surface area contributed by atoms with Crippen molar-refractivity contribution in [2.75, 3.05) is 12.1 Å². The molecule has 1 aliphatic heterocycles. The second kappa shape index (κ2) is 9.52. The maximum Gasteiger partial charge on any atom is 0.255 e. The van der Waals surface area contributed by atoms with Gasteiger partial charge in [0.05, 0.1) is 23.1 Å². The van der Waals surface area contributed by atoms with Gasteiger partial charge in [0.2, 0.25) is 6.79 Å². The second-order valence-electron chi connectivity index (χ2n) is 9.66. The molecule has 202 valence electrons. The van der Waals surface area contributed by atoms with Crippen LogP contribution in [-0.4, -0.2) is 47.8 Å². The molecule has 8 rings (SSSR count). The maximum absolute atomic E-state index is 12.6. The van der Waals surface area contributed by atoms with Gasteiger partial charge in [-0.05, 0) is 54.1 Å². The molecule has 1 aliphatic rings. The zero-order valence-electron chi connectivity index (χ0n) is 21.8. The SMILES string of the molecule is O=C(Nc1cncc(-c2ccc3[nH]nc(-c4nc5c(-c6ccc7c(c6)OCO7)ccnc5[nH]4)c3n2)c1)c1ccccc1. The summed E-state index contributed by atoms with van der Waals surface area (Å²) in [6, 6.07) is 22.4. The van der Waals surface area contributed by atoms with Crippen LogP contribution < -0.4 is 14.8 Å². The Bertz CT molecular complexity index is 2140. The Hall–Kier alpha value is -6.10. The highest BCUT2D eigenvalue weighted by Gasteiger charge is 2.19. The lowest BCUT2D eigenvalue weighted by Crippen LogP contribution is -2.11. The number of amides is 1. The highest BCUT2D eigenvalue weighted by atomic mass is 16.7. The van der Waals surface area contributed by atoms with E-state index >= 15 is 0 Å². The van der Waals surface area contributed by atoms with Crippen LogP contribution in [0.3, 0.4) is 0 Å². The molecule has 0 fully saturated rings. The number of H-pyrrole nitrogens is 2. The van der Waals surface area contributed by atoms with E-state index in [1.54, 1.807) is 30.7 Å². The Balaban J connectivity index is 1.15. The van der Waals surface area contributed by atoms with Gasteiger partial charge in [-0.25, -0.2) is 15.0 Å². The van der Waals surface area contributed by atoms with Crippen LogP contribution in [0, 0.1) is 0 Å². The van der Waals surface area contributed by atoms with Crippen LogP contribution in [0.15, 0.2) is 91.4 Å². The fraction of sp³-hybridized carbons (Fsp3) is 0.0323. The Morgan fingerprint density at radius 1 is 0.857 bits per heavy atom. The molecule has 0 saturated heterocycles. The summed E-state index contributed by atoms with van der Waals surface area (Å²) < 4.78 is 11.0. The third kappa shape index (κ3) is 4.07. The molecular weight excluding hydrogens is 532 g/mol. The molecule has 42 heavy (non-hydrogen) atoms. The lowest BCUT2D eigenvalue weighted by atomic mass is 10.1. The van der Waals surface area contributed by atoms with Crippen molar-refractivity contribution in [2.24, 2.45) is 0 Å². The first kappa shape index (κ1) is 23.8. The van der Waals surface area contributed by atoms with E-state index < -0.39 is 0 Å². The van der Waals surface area contributed by atoms with Crippen LogP contribution in [0.4, 0.5) is 5.69 Å². The first-order valence-electron chi connectivity index (χ1n) is 13.1. The molecule has 5 aromatic heterocycles. The van der Waals surface area contributed by atoms with Gasteiger partial charge in [-0.1, -0.05) is 24.3 Å². The van der Waals surface area contributed by atoms with Crippen molar-refractivity contribution in [3.8, 4) is 45.4 Å². The molecule has 0 saturated carbocycles. The van der Waals surface area contributed by atoms with Crippen LogP contribution in [0.1, 0.15) is 10.4 Å². The van der Waals surface area contributed by atoms with Gasteiger partial charge in [-0.2, -0.15) is 5.10 Å². The normalized spacial score (nSPS) is 12.2. The van der Waals surface area contributed by atoms with Crippen molar-refractivity contribution in [2.45, 2.75) is 0 Å². The van der Waals surface area contributed by atoms with E-state index in [0.29, 0.717) is 50.9 Å². The van der Waals surface area contributed by atoms with Crippen molar-refractivity contribution >= 4 is 33.8 Å². The second-order valence-corrected chi connectivity index (χ2v) is 9.66. The molecule has 0 aliphatic carbocycles. The number of hydrogen-bond acceptors (Lipinski definition) is 8. The minimum absolute atomic E-state index is 0.209. The summed E-state index contributed by atoms with van der Waals surface area (Å²) in [6.45, 7) is 0.209. The molecule has 0 bridgehead atoms. The van der Waals surface area contributed by atoms with E-state index in [2.05, 4.69) is 30.5 Å². The number of rotatable bonds is 5. The molecule has 6 heterocycles. The quantitative estimate of drug-likeness (QED) is 0.250. The zero-order valence-corrected chi connectivity index (χ0v) is 21.8. The average Bonchev–Trinajstić information content (AvgIpc) is 3.78. The third-order valence-electron chi connectivity index (χ3n) is 7.03. The summed E-state index contributed by atoms with van der Waals surface area (Å²) >= 11 is 0. The summed E-state index contributed by atoms with van der Waals surface area (Å²) in [5.41, 5.74) is 7.64. The van der Waals surface area contributed by atoms with Crippen LogP contribution >= 0.6 is 0 Å². The molecule has 3 N–H and O–H groups in total. The number of aromatic nitrogens is 7. The van der Waals surface area contributed by atoms with Gasteiger partial charge < -0.3 is 19.8 Å². The number of hydrogen-bond donors (Lipinski definition) is 3. The van der Waals surface area contributed by atoms with Crippen molar-refractivity contribution in [3.05, 3.63) is 97.0 Å². The van der Waals surface area contributed by atoms with Crippen LogP contribution in [0.25, 0.3) is 56.1 Å². The smallest absolute Gasteiger partial charge is 0.255 e. The van der Waals surface area contributed by atoms with E-state index in [4.69, 9.17) is 19.4 Å². The number of imidazole rings is 1. The molecule has 2 aromatic carbocycles. The van der Waals surface area contributed by atoms with Crippen LogP contribution in [-0.2, 0) is 0 Å². The molecule has 0 spiro atoms. The Labute approximate surface area is 237 Å². The van der Waals surface area contributed by atoms with Crippen molar-refractivity contribution in [3.63, 3.8) is 0 Å². The van der Waals surface area contributed by atoms with Gasteiger partial charge in [0.15, 0.2) is 28.7 Å². The Kier molecular flexibility index (Phi) is 5.39.